The van der Waals surface area contributed by atoms with E-state index in [4.69, 9.17) is 10.5 Å². The Bertz CT molecular complexity index is 1340. The Morgan fingerprint density at radius 1 is 1.26 bits per heavy atom. The van der Waals surface area contributed by atoms with Crippen LogP contribution in [0.1, 0.15) is 28.8 Å². The number of amides is 1. The Morgan fingerprint density at radius 3 is 2.58 bits per heavy atom. The van der Waals surface area contributed by atoms with Crippen LogP contribution in [0.5, 0.6) is 11.5 Å². The molecule has 1 heterocycles. The highest BCUT2D eigenvalue weighted by Gasteiger charge is 2.58. The third kappa shape index (κ3) is 4.32. The highest BCUT2D eigenvalue weighted by atomic mass is 16.5. The normalized spacial score (nSPS) is 23.6. The second kappa shape index (κ2) is 10.2. The molecular formula is C27H31N3O8. The van der Waals surface area contributed by atoms with Gasteiger partial charge in [-0.25, -0.2) is 0 Å². The summed E-state index contributed by atoms with van der Waals surface area (Å²) in [4.78, 5) is 44.3. The maximum atomic E-state index is 13.8. The maximum Gasteiger partial charge on any atom is 0.225 e. The van der Waals surface area contributed by atoms with Gasteiger partial charge in [-0.1, -0.05) is 6.07 Å². The number of nitrogens with zero attached hydrogens (tertiary/aromatic N) is 2. The summed E-state index contributed by atoms with van der Waals surface area (Å²) < 4.78 is 5.27. The summed E-state index contributed by atoms with van der Waals surface area (Å²) in [7, 11) is 4.79. The molecule has 1 unspecified atom stereocenters. The first-order chi connectivity index (χ1) is 17.9. The van der Waals surface area contributed by atoms with E-state index < -0.39 is 59.7 Å². The van der Waals surface area contributed by atoms with Gasteiger partial charge in [-0.3, -0.25) is 19.4 Å². The lowest BCUT2D eigenvalue weighted by Gasteiger charge is -2.47. The van der Waals surface area contributed by atoms with Crippen molar-refractivity contribution < 1.29 is 39.5 Å². The highest BCUT2D eigenvalue weighted by Crippen LogP contribution is 2.50. The number of carbonyl (C=O) groups excluding carboxylic acids is 3. The molecule has 38 heavy (non-hydrogen) atoms. The lowest BCUT2D eigenvalue weighted by atomic mass is 9.61. The molecule has 2 aromatic rings. The number of aliphatic hydroxyl groups is 3. The molecule has 0 spiro atoms. The first-order valence-electron chi connectivity index (χ1n) is 12.1. The number of hydrogen-bond acceptors (Lipinski definition) is 10. The number of ketones is 2. The van der Waals surface area contributed by atoms with E-state index in [-0.39, 0.29) is 29.7 Å². The number of ether oxygens (including phenoxy) is 1. The minimum atomic E-state index is -2.64. The molecule has 0 saturated carbocycles. The zero-order valence-electron chi connectivity index (χ0n) is 21.3. The van der Waals surface area contributed by atoms with Crippen LogP contribution >= 0.6 is 0 Å². The Hall–Kier alpha value is -3.80. The Kier molecular flexibility index (Phi) is 7.29. The van der Waals surface area contributed by atoms with Crippen molar-refractivity contribution in [3.05, 3.63) is 53.1 Å². The number of hydrogen-bond donors (Lipinski definition) is 5. The summed E-state index contributed by atoms with van der Waals surface area (Å²) >= 11 is 0. The number of phenolic OH excluding ortho intramolecular Hbond substituents is 1. The second-order valence-corrected chi connectivity index (χ2v) is 9.98. The Morgan fingerprint density at radius 2 is 1.97 bits per heavy atom. The Labute approximate surface area is 219 Å². The number of fused-ring (bicyclic) bond motifs is 2. The van der Waals surface area contributed by atoms with Crippen LogP contribution in [0, 0.1) is 11.8 Å². The van der Waals surface area contributed by atoms with E-state index in [2.05, 4.69) is 4.98 Å². The zero-order valence-corrected chi connectivity index (χ0v) is 21.3. The van der Waals surface area contributed by atoms with Crippen LogP contribution in [0.25, 0.3) is 11.1 Å². The smallest absolute Gasteiger partial charge is 0.225 e. The van der Waals surface area contributed by atoms with Crippen LogP contribution in [0.3, 0.4) is 0 Å². The van der Waals surface area contributed by atoms with Crippen LogP contribution in [0.4, 0.5) is 0 Å². The van der Waals surface area contributed by atoms with Gasteiger partial charge in [-0.15, -0.1) is 0 Å². The molecular weight excluding hydrogens is 494 g/mol. The number of aliphatic hydroxyl groups excluding tert-OH is 2. The quantitative estimate of drug-likeness (QED) is 0.308. The number of aromatic hydroxyl groups is 1. The molecule has 0 saturated heterocycles. The molecule has 0 radical (unpaired) electrons. The van der Waals surface area contributed by atoms with Gasteiger partial charge < -0.3 is 35.8 Å². The SMILES string of the molecule is COc1cncc(-c2ccc(O)c3c2C[C@H]2C[C@@H](C(CO)N(C)C)[C@@](O)(C(=O)CC(N)=O)C(O)=C2C3=O)c1. The van der Waals surface area contributed by atoms with Gasteiger partial charge in [0.1, 0.15) is 17.3 Å². The number of likely N-dealkylation sites (N-methyl/N-ethyl adjacent to an activating group) is 1. The van der Waals surface area contributed by atoms with Gasteiger partial charge in [0.2, 0.25) is 5.91 Å². The Balaban J connectivity index is 1.93. The van der Waals surface area contributed by atoms with E-state index in [1.54, 1.807) is 37.3 Å². The lowest BCUT2D eigenvalue weighted by molar-refractivity contribution is -0.151. The largest absolute Gasteiger partial charge is 0.508 e. The molecule has 1 aromatic heterocycles. The first kappa shape index (κ1) is 27.2. The van der Waals surface area contributed by atoms with Gasteiger partial charge >= 0.3 is 0 Å². The first-order valence-corrected chi connectivity index (χ1v) is 12.1. The molecule has 202 valence electrons. The van der Waals surface area contributed by atoms with Crippen LogP contribution < -0.4 is 10.5 Å². The molecule has 11 nitrogen and oxygen atoms in total. The van der Waals surface area contributed by atoms with Gasteiger partial charge in [0, 0.05) is 29.3 Å². The van der Waals surface area contributed by atoms with E-state index >= 15 is 0 Å². The summed E-state index contributed by atoms with van der Waals surface area (Å²) in [5.41, 5.74) is 4.09. The summed E-state index contributed by atoms with van der Waals surface area (Å²) in [6.45, 7) is -0.467. The number of Topliss-reactive ketones (excluding diaryl/α,β-unsaturated/α-hetero) is 2. The van der Waals surface area contributed by atoms with Gasteiger partial charge in [-0.2, -0.15) is 0 Å². The van der Waals surface area contributed by atoms with Gasteiger partial charge in [-0.05, 0) is 56.1 Å². The minimum Gasteiger partial charge on any atom is -0.508 e. The number of carbonyl (C=O) groups is 3. The number of allylic oxidation sites excluding steroid dienone is 1. The summed E-state index contributed by atoms with van der Waals surface area (Å²) in [5.74, 6) is -5.26. The maximum absolute atomic E-state index is 13.8. The lowest BCUT2D eigenvalue weighted by Crippen LogP contribution is -2.60. The van der Waals surface area contributed by atoms with Crippen molar-refractivity contribution in [1.82, 2.24) is 9.88 Å². The van der Waals surface area contributed by atoms with E-state index in [0.717, 1.165) is 0 Å². The standard InChI is InChI=1S/C27H31N3O8/c1-30(2)19(12-31)18-8-13-7-17-16(14-6-15(38-3)11-29-10-14)4-5-20(32)24(17)25(35)23(13)26(36)27(18,37)21(33)9-22(28)34/h4-6,10-11,13,18-19,31-32,36-37H,7-9,12H2,1-3H3,(H2,28,34)/t13-,18-,19?,27+/m0/s1. The summed E-state index contributed by atoms with van der Waals surface area (Å²) in [5, 5.41) is 43.9. The molecule has 0 aliphatic heterocycles. The van der Waals surface area contributed by atoms with E-state index in [1.165, 1.54) is 19.4 Å². The van der Waals surface area contributed by atoms with Crippen molar-refractivity contribution in [2.45, 2.75) is 30.9 Å². The fraction of sp³-hybridized carbons (Fsp3) is 0.407. The van der Waals surface area contributed by atoms with Crippen molar-refractivity contribution in [2.24, 2.45) is 17.6 Å². The van der Waals surface area contributed by atoms with Gasteiger partial charge in [0.25, 0.3) is 0 Å². The fourth-order valence-electron chi connectivity index (χ4n) is 5.80. The molecule has 11 heteroatoms. The number of primary amides is 1. The summed E-state index contributed by atoms with van der Waals surface area (Å²) in [6.07, 6.45) is 2.47. The van der Waals surface area contributed by atoms with E-state index in [0.29, 0.717) is 22.4 Å². The van der Waals surface area contributed by atoms with Crippen molar-refractivity contribution in [3.8, 4) is 22.6 Å². The topological polar surface area (TPSA) is 184 Å². The van der Waals surface area contributed by atoms with Crippen molar-refractivity contribution in [3.63, 3.8) is 0 Å². The second-order valence-electron chi connectivity index (χ2n) is 9.98. The highest BCUT2D eigenvalue weighted by molar-refractivity contribution is 6.15. The average Bonchev–Trinajstić information content (AvgIpc) is 2.86. The number of benzene rings is 1. The van der Waals surface area contributed by atoms with Crippen molar-refractivity contribution in [1.29, 1.82) is 0 Å². The van der Waals surface area contributed by atoms with Crippen LogP contribution in [-0.4, -0.2) is 87.2 Å². The molecule has 1 aromatic carbocycles. The van der Waals surface area contributed by atoms with Gasteiger partial charge in [0.05, 0.1) is 31.9 Å². The number of phenols is 1. The van der Waals surface area contributed by atoms with Gasteiger partial charge in [0.15, 0.2) is 17.2 Å². The average molecular weight is 526 g/mol. The predicted molar refractivity (Wildman–Crippen MR) is 136 cm³/mol. The van der Waals surface area contributed by atoms with Crippen molar-refractivity contribution >= 4 is 17.5 Å². The molecule has 6 N–H and O–H groups in total. The molecule has 4 rings (SSSR count). The number of pyridine rings is 1. The third-order valence-electron chi connectivity index (χ3n) is 7.65. The molecule has 1 amide bonds. The van der Waals surface area contributed by atoms with E-state index in [9.17, 15) is 34.8 Å². The molecule has 0 fully saturated rings. The predicted octanol–water partition coefficient (Wildman–Crippen LogP) is 0.748. The fourth-order valence-corrected chi connectivity index (χ4v) is 5.80. The minimum absolute atomic E-state index is 0.0282. The van der Waals surface area contributed by atoms with E-state index in [1.807, 2.05) is 0 Å². The van der Waals surface area contributed by atoms with Crippen LogP contribution in [-0.2, 0) is 16.0 Å². The number of nitrogens with two attached hydrogens (primary N) is 1. The van der Waals surface area contributed by atoms with Crippen LogP contribution in [0.15, 0.2) is 41.9 Å². The number of aromatic nitrogens is 1. The number of methoxy groups -OCH3 is 1. The third-order valence-corrected chi connectivity index (χ3v) is 7.65. The molecule has 4 atom stereocenters. The monoisotopic (exact) mass is 525 g/mol. The molecule has 2 aliphatic rings. The number of rotatable bonds is 8. The zero-order chi connectivity index (χ0) is 27.9. The molecule has 0 bridgehead atoms. The molecule has 2 aliphatic carbocycles. The van der Waals surface area contributed by atoms with Crippen molar-refractivity contribution in [2.75, 3.05) is 27.8 Å². The summed E-state index contributed by atoms with van der Waals surface area (Å²) in [6, 6.07) is 3.96. The van der Waals surface area contributed by atoms with Crippen LogP contribution in [0.2, 0.25) is 0 Å².